The van der Waals surface area contributed by atoms with Crippen LogP contribution in [0.25, 0.3) is 10.2 Å². The van der Waals surface area contributed by atoms with Gasteiger partial charge in [0.2, 0.25) is 0 Å². The first-order valence-corrected chi connectivity index (χ1v) is 5.74. The second-order valence-corrected chi connectivity index (χ2v) is 4.93. The molecule has 1 atom stereocenters. The Labute approximate surface area is 93.7 Å². The number of benzene rings is 1. The van der Waals surface area contributed by atoms with E-state index >= 15 is 0 Å². The van der Waals surface area contributed by atoms with Crippen LogP contribution < -0.4 is 5.73 Å². The first-order valence-electron chi connectivity index (χ1n) is 4.13. The van der Waals surface area contributed by atoms with Gasteiger partial charge in [0.1, 0.15) is 5.01 Å². The molecule has 3 N–H and O–H groups in total. The van der Waals surface area contributed by atoms with Crippen molar-refractivity contribution in [1.29, 1.82) is 0 Å². The summed E-state index contributed by atoms with van der Waals surface area (Å²) in [6.45, 7) is -0.0685. The summed E-state index contributed by atoms with van der Waals surface area (Å²) in [6, 6.07) is 5.51. The Hall–Kier alpha value is -0.490. The maximum Gasteiger partial charge on any atom is 0.113 e. The summed E-state index contributed by atoms with van der Waals surface area (Å²) in [5, 5.41) is 9.68. The lowest BCUT2D eigenvalue weighted by Gasteiger charge is -2.00. The van der Waals surface area contributed by atoms with E-state index < -0.39 is 0 Å². The molecule has 0 aliphatic carbocycles. The van der Waals surface area contributed by atoms with Crippen molar-refractivity contribution in [2.75, 3.05) is 6.61 Å². The molecule has 1 heterocycles. The highest BCUT2D eigenvalue weighted by Crippen LogP contribution is 2.27. The summed E-state index contributed by atoms with van der Waals surface area (Å²) in [5.41, 5.74) is 6.61. The van der Waals surface area contributed by atoms with Gasteiger partial charge < -0.3 is 10.8 Å². The van der Waals surface area contributed by atoms with E-state index in [4.69, 9.17) is 10.8 Å². The molecule has 1 aromatic carbocycles. The minimum atomic E-state index is -0.369. The molecule has 0 aliphatic rings. The fourth-order valence-corrected chi connectivity index (χ4v) is 2.66. The quantitative estimate of drug-likeness (QED) is 0.880. The Morgan fingerprint density at radius 2 is 2.36 bits per heavy atom. The van der Waals surface area contributed by atoms with Gasteiger partial charge in [-0.05, 0) is 18.2 Å². The molecule has 0 amide bonds. The average molecular weight is 273 g/mol. The summed E-state index contributed by atoms with van der Waals surface area (Å²) in [4.78, 5) is 4.34. The van der Waals surface area contributed by atoms with Gasteiger partial charge in [-0.25, -0.2) is 4.98 Å². The number of aromatic nitrogens is 1. The lowest BCUT2D eigenvalue weighted by atomic mass is 10.3. The summed E-state index contributed by atoms with van der Waals surface area (Å²) >= 11 is 4.91. The maximum atomic E-state index is 8.90. The molecule has 0 fully saturated rings. The zero-order valence-electron chi connectivity index (χ0n) is 7.27. The molecule has 0 saturated heterocycles. The van der Waals surface area contributed by atoms with Gasteiger partial charge in [0.15, 0.2) is 0 Å². The van der Waals surface area contributed by atoms with Gasteiger partial charge >= 0.3 is 0 Å². The summed E-state index contributed by atoms with van der Waals surface area (Å²) in [5.74, 6) is 0. The Morgan fingerprint density at radius 3 is 3.07 bits per heavy atom. The summed E-state index contributed by atoms with van der Waals surface area (Å²) < 4.78 is 2.11. The van der Waals surface area contributed by atoms with Gasteiger partial charge in [0.25, 0.3) is 0 Å². The lowest BCUT2D eigenvalue weighted by Crippen LogP contribution is -2.13. The normalized spacial score (nSPS) is 13.4. The Bertz CT molecular complexity index is 457. The van der Waals surface area contributed by atoms with Crippen LogP contribution in [0.15, 0.2) is 22.7 Å². The zero-order chi connectivity index (χ0) is 10.1. The molecular weight excluding hydrogens is 264 g/mol. The van der Waals surface area contributed by atoms with Gasteiger partial charge in [-0.15, -0.1) is 11.3 Å². The van der Waals surface area contributed by atoms with E-state index in [-0.39, 0.29) is 12.6 Å². The Balaban J connectivity index is 2.51. The van der Waals surface area contributed by atoms with Crippen molar-refractivity contribution in [3.8, 4) is 0 Å². The van der Waals surface area contributed by atoms with Crippen LogP contribution in [0.5, 0.6) is 0 Å². The third-order valence-corrected chi connectivity index (χ3v) is 3.52. The molecule has 1 unspecified atom stereocenters. The van der Waals surface area contributed by atoms with Crippen LogP contribution in [-0.4, -0.2) is 16.7 Å². The van der Waals surface area contributed by atoms with E-state index in [1.165, 1.54) is 11.3 Å². The van der Waals surface area contributed by atoms with Gasteiger partial charge in [0.05, 0.1) is 22.9 Å². The monoisotopic (exact) mass is 272 g/mol. The number of thiazole rings is 1. The van der Waals surface area contributed by atoms with Crippen LogP contribution in [0.4, 0.5) is 0 Å². The van der Waals surface area contributed by atoms with Crippen molar-refractivity contribution >= 4 is 37.5 Å². The molecule has 0 bridgehead atoms. The van der Waals surface area contributed by atoms with Crippen molar-refractivity contribution in [3.63, 3.8) is 0 Å². The van der Waals surface area contributed by atoms with Crippen LogP contribution in [0.1, 0.15) is 11.0 Å². The number of nitrogens with zero attached hydrogens (tertiary/aromatic N) is 1. The molecule has 3 nitrogen and oxygen atoms in total. The fourth-order valence-electron chi connectivity index (χ4n) is 1.15. The molecule has 5 heteroatoms. The molecule has 2 aromatic rings. The third-order valence-electron chi connectivity index (χ3n) is 1.88. The van der Waals surface area contributed by atoms with E-state index in [2.05, 4.69) is 20.9 Å². The number of nitrogens with two attached hydrogens (primary N) is 1. The molecule has 1 aromatic heterocycles. The predicted molar refractivity (Wildman–Crippen MR) is 61.3 cm³/mol. The minimum Gasteiger partial charge on any atom is -0.394 e. The van der Waals surface area contributed by atoms with Crippen molar-refractivity contribution in [1.82, 2.24) is 4.98 Å². The van der Waals surface area contributed by atoms with Crippen LogP contribution in [0.2, 0.25) is 0 Å². The molecule has 14 heavy (non-hydrogen) atoms. The Morgan fingerprint density at radius 1 is 1.57 bits per heavy atom. The predicted octanol–water partition coefficient (Wildman–Crippen LogP) is 2.05. The van der Waals surface area contributed by atoms with Crippen molar-refractivity contribution in [2.45, 2.75) is 6.04 Å². The topological polar surface area (TPSA) is 59.1 Å². The van der Waals surface area contributed by atoms with Crippen molar-refractivity contribution < 1.29 is 5.11 Å². The van der Waals surface area contributed by atoms with Gasteiger partial charge in [-0.1, -0.05) is 15.9 Å². The molecule has 0 spiro atoms. The van der Waals surface area contributed by atoms with Crippen LogP contribution in [0, 0.1) is 0 Å². The standard InChI is InChI=1S/C9H9BrN2OS/c10-5-1-2-7-8(3-5)14-9(12-7)6(11)4-13/h1-3,6,13H,4,11H2. The molecule has 0 aliphatic heterocycles. The molecule has 74 valence electrons. The number of fused-ring (bicyclic) bond motifs is 1. The highest BCUT2D eigenvalue weighted by Gasteiger charge is 2.10. The molecular formula is C9H9BrN2OS. The minimum absolute atomic E-state index is 0.0685. The smallest absolute Gasteiger partial charge is 0.113 e. The van der Waals surface area contributed by atoms with Crippen molar-refractivity contribution in [3.05, 3.63) is 27.7 Å². The van der Waals surface area contributed by atoms with E-state index in [0.717, 1.165) is 19.7 Å². The number of hydrogen-bond donors (Lipinski definition) is 2. The van der Waals surface area contributed by atoms with E-state index in [9.17, 15) is 0 Å². The summed E-state index contributed by atoms with van der Waals surface area (Å²) in [6.07, 6.45) is 0. The van der Waals surface area contributed by atoms with E-state index in [1.807, 2.05) is 18.2 Å². The van der Waals surface area contributed by atoms with Gasteiger partial charge in [-0.2, -0.15) is 0 Å². The number of aliphatic hydroxyl groups is 1. The van der Waals surface area contributed by atoms with Crippen LogP contribution >= 0.6 is 27.3 Å². The molecule has 2 rings (SSSR count). The zero-order valence-corrected chi connectivity index (χ0v) is 9.68. The average Bonchev–Trinajstić information content (AvgIpc) is 2.59. The van der Waals surface area contributed by atoms with Crippen LogP contribution in [-0.2, 0) is 0 Å². The van der Waals surface area contributed by atoms with Crippen LogP contribution in [0.3, 0.4) is 0 Å². The summed E-state index contributed by atoms with van der Waals surface area (Å²) in [7, 11) is 0. The number of halogens is 1. The maximum absolute atomic E-state index is 8.90. The molecule has 0 radical (unpaired) electrons. The number of hydrogen-bond acceptors (Lipinski definition) is 4. The number of aliphatic hydroxyl groups excluding tert-OH is 1. The van der Waals surface area contributed by atoms with Crippen molar-refractivity contribution in [2.24, 2.45) is 5.73 Å². The first-order chi connectivity index (χ1) is 6.70. The number of rotatable bonds is 2. The second-order valence-electron chi connectivity index (χ2n) is 2.95. The molecule has 0 saturated carbocycles. The lowest BCUT2D eigenvalue weighted by molar-refractivity contribution is 0.268. The first kappa shape index (κ1) is 10.0. The van der Waals surface area contributed by atoms with E-state index in [1.54, 1.807) is 0 Å². The Kier molecular flexibility index (Phi) is 2.83. The fraction of sp³-hybridized carbons (Fsp3) is 0.222. The van der Waals surface area contributed by atoms with Gasteiger partial charge in [0, 0.05) is 4.47 Å². The third kappa shape index (κ3) is 1.81. The largest absolute Gasteiger partial charge is 0.394 e. The second kappa shape index (κ2) is 3.94. The van der Waals surface area contributed by atoms with E-state index in [0.29, 0.717) is 0 Å². The highest BCUT2D eigenvalue weighted by molar-refractivity contribution is 9.10. The highest BCUT2D eigenvalue weighted by atomic mass is 79.9. The van der Waals surface area contributed by atoms with Gasteiger partial charge in [-0.3, -0.25) is 0 Å². The SMILES string of the molecule is NC(CO)c1nc2ccc(Br)cc2s1.